The lowest BCUT2D eigenvalue weighted by Crippen LogP contribution is -2.57. The molecule has 1 aliphatic rings. The van der Waals surface area contributed by atoms with Gasteiger partial charge in [0.05, 0.1) is 11.2 Å². The summed E-state index contributed by atoms with van der Waals surface area (Å²) in [5, 5.41) is 20.9. The Bertz CT molecular complexity index is 262. The summed E-state index contributed by atoms with van der Waals surface area (Å²) >= 11 is 0. The summed E-state index contributed by atoms with van der Waals surface area (Å²) in [5.41, 5.74) is -1.80. The lowest BCUT2D eigenvalue weighted by molar-refractivity contribution is -0.182. The van der Waals surface area contributed by atoms with Crippen LogP contribution in [0.2, 0.25) is 0 Å². The number of rotatable bonds is 2. The van der Waals surface area contributed by atoms with E-state index in [1.165, 1.54) is 0 Å². The van der Waals surface area contributed by atoms with Crippen molar-refractivity contribution >= 4 is 0 Å². The second-order valence-corrected chi connectivity index (χ2v) is 6.60. The van der Waals surface area contributed by atoms with Crippen LogP contribution in [0.25, 0.3) is 0 Å². The Morgan fingerprint density at radius 2 is 1.94 bits per heavy atom. The highest BCUT2D eigenvalue weighted by atomic mass is 16.4. The Morgan fingerprint density at radius 3 is 2.31 bits per heavy atom. The van der Waals surface area contributed by atoms with Crippen LogP contribution in [-0.4, -0.2) is 21.4 Å². The second-order valence-electron chi connectivity index (χ2n) is 6.60. The van der Waals surface area contributed by atoms with Crippen molar-refractivity contribution < 1.29 is 10.2 Å². The van der Waals surface area contributed by atoms with Gasteiger partial charge in [0.2, 0.25) is 0 Å². The second kappa shape index (κ2) is 4.15. The Morgan fingerprint density at radius 1 is 1.38 bits per heavy atom. The molecular formula is C14H26O2. The molecule has 94 valence electrons. The monoisotopic (exact) mass is 226 g/mol. The molecule has 0 aliphatic heterocycles. The molecule has 0 aromatic heterocycles. The Kier molecular flexibility index (Phi) is 3.56. The Hall–Kier alpha value is -0.340. The van der Waals surface area contributed by atoms with Crippen LogP contribution in [0, 0.1) is 11.3 Å². The summed E-state index contributed by atoms with van der Waals surface area (Å²) in [5.74, 6) is 0.465. The highest BCUT2D eigenvalue weighted by Crippen LogP contribution is 2.47. The van der Waals surface area contributed by atoms with E-state index in [1.807, 2.05) is 0 Å². The molecule has 1 saturated carbocycles. The average Bonchev–Trinajstić information content (AvgIpc) is 2.08. The van der Waals surface area contributed by atoms with Crippen molar-refractivity contribution in [3.8, 4) is 0 Å². The van der Waals surface area contributed by atoms with E-state index < -0.39 is 11.2 Å². The van der Waals surface area contributed by atoms with E-state index in [1.54, 1.807) is 13.0 Å². The van der Waals surface area contributed by atoms with Gasteiger partial charge in [0.15, 0.2) is 0 Å². The largest absolute Gasteiger partial charge is 0.387 e. The highest BCUT2D eigenvalue weighted by Gasteiger charge is 2.50. The van der Waals surface area contributed by atoms with Crippen LogP contribution in [-0.2, 0) is 0 Å². The SMILES string of the molecule is C=CC[C@@]1(O)CC[C@H](C(C)(C)C)C[C@@]1(C)O. The Balaban J connectivity index is 2.84. The van der Waals surface area contributed by atoms with Crippen molar-refractivity contribution in [2.75, 3.05) is 0 Å². The molecule has 0 unspecified atom stereocenters. The van der Waals surface area contributed by atoms with Crippen LogP contribution in [0.4, 0.5) is 0 Å². The first-order valence-corrected chi connectivity index (χ1v) is 6.18. The van der Waals surface area contributed by atoms with Crippen LogP contribution >= 0.6 is 0 Å². The van der Waals surface area contributed by atoms with Crippen molar-refractivity contribution in [2.45, 2.75) is 64.6 Å². The van der Waals surface area contributed by atoms with E-state index in [9.17, 15) is 10.2 Å². The van der Waals surface area contributed by atoms with E-state index >= 15 is 0 Å². The van der Waals surface area contributed by atoms with E-state index in [4.69, 9.17) is 0 Å². The van der Waals surface area contributed by atoms with Crippen LogP contribution in [0.5, 0.6) is 0 Å². The van der Waals surface area contributed by atoms with Gasteiger partial charge in [-0.2, -0.15) is 0 Å². The highest BCUT2D eigenvalue weighted by molar-refractivity contribution is 5.05. The quantitative estimate of drug-likeness (QED) is 0.711. The first kappa shape index (κ1) is 13.7. The summed E-state index contributed by atoms with van der Waals surface area (Å²) in [6, 6.07) is 0. The predicted molar refractivity (Wildman–Crippen MR) is 67.2 cm³/mol. The molecule has 2 N–H and O–H groups in total. The molecule has 0 radical (unpaired) electrons. The number of hydrogen-bond donors (Lipinski definition) is 2. The standard InChI is InChI=1S/C14H26O2/c1-6-8-14(16)9-7-11(12(2,3)4)10-13(14,5)15/h6,11,15-16H,1,7-10H2,2-5H3/t11-,13+,14+/m0/s1. The molecule has 0 amide bonds. The van der Waals surface area contributed by atoms with Gasteiger partial charge >= 0.3 is 0 Å². The zero-order valence-electron chi connectivity index (χ0n) is 11.1. The van der Waals surface area contributed by atoms with Crippen molar-refractivity contribution in [3.05, 3.63) is 12.7 Å². The molecule has 3 atom stereocenters. The lowest BCUT2D eigenvalue weighted by atomic mass is 9.61. The van der Waals surface area contributed by atoms with Crippen molar-refractivity contribution in [1.29, 1.82) is 0 Å². The van der Waals surface area contributed by atoms with E-state index in [2.05, 4.69) is 27.4 Å². The van der Waals surface area contributed by atoms with E-state index in [-0.39, 0.29) is 5.41 Å². The van der Waals surface area contributed by atoms with E-state index in [0.717, 1.165) is 6.42 Å². The maximum atomic E-state index is 10.5. The summed E-state index contributed by atoms with van der Waals surface area (Å²) in [4.78, 5) is 0. The molecule has 0 aromatic rings. The minimum Gasteiger partial charge on any atom is -0.387 e. The maximum Gasteiger partial charge on any atom is 0.0964 e. The van der Waals surface area contributed by atoms with Gasteiger partial charge in [0.1, 0.15) is 0 Å². The summed E-state index contributed by atoms with van der Waals surface area (Å²) in [7, 11) is 0. The van der Waals surface area contributed by atoms with Crippen LogP contribution in [0.15, 0.2) is 12.7 Å². The van der Waals surface area contributed by atoms with Gasteiger partial charge in [-0.3, -0.25) is 0 Å². The molecule has 0 saturated heterocycles. The third-order valence-electron chi connectivity index (χ3n) is 4.26. The fraction of sp³-hybridized carbons (Fsp3) is 0.857. The third-order valence-corrected chi connectivity index (χ3v) is 4.26. The van der Waals surface area contributed by atoms with Gasteiger partial charge in [-0.05, 0) is 43.9 Å². The van der Waals surface area contributed by atoms with Crippen LogP contribution in [0.3, 0.4) is 0 Å². The van der Waals surface area contributed by atoms with Crippen molar-refractivity contribution in [2.24, 2.45) is 11.3 Å². The molecule has 2 nitrogen and oxygen atoms in total. The zero-order valence-corrected chi connectivity index (χ0v) is 11.1. The van der Waals surface area contributed by atoms with Gasteiger partial charge in [-0.25, -0.2) is 0 Å². The van der Waals surface area contributed by atoms with Crippen molar-refractivity contribution in [1.82, 2.24) is 0 Å². The molecule has 1 rings (SSSR count). The molecule has 16 heavy (non-hydrogen) atoms. The smallest absolute Gasteiger partial charge is 0.0964 e. The van der Waals surface area contributed by atoms with Gasteiger partial charge < -0.3 is 10.2 Å². The summed E-state index contributed by atoms with van der Waals surface area (Å²) in [6.45, 7) is 12.0. The first-order valence-electron chi connectivity index (χ1n) is 6.18. The predicted octanol–water partition coefficient (Wildman–Crippen LogP) is 2.89. The molecule has 0 bridgehead atoms. The number of aliphatic hydroxyl groups is 2. The van der Waals surface area contributed by atoms with Gasteiger partial charge in [0, 0.05) is 0 Å². The van der Waals surface area contributed by atoms with Crippen LogP contribution in [0.1, 0.15) is 53.4 Å². The normalized spacial score (nSPS) is 40.8. The molecule has 2 heteroatoms. The number of hydrogen-bond acceptors (Lipinski definition) is 2. The summed E-state index contributed by atoms with van der Waals surface area (Å²) in [6.07, 6.45) is 4.47. The topological polar surface area (TPSA) is 40.5 Å². The van der Waals surface area contributed by atoms with Gasteiger partial charge in [0.25, 0.3) is 0 Å². The summed E-state index contributed by atoms with van der Waals surface area (Å²) < 4.78 is 0. The molecule has 0 spiro atoms. The third kappa shape index (κ3) is 2.49. The van der Waals surface area contributed by atoms with Gasteiger partial charge in [-0.1, -0.05) is 26.8 Å². The molecule has 0 aromatic carbocycles. The minimum atomic E-state index is -1.00. The fourth-order valence-corrected chi connectivity index (χ4v) is 2.75. The van der Waals surface area contributed by atoms with E-state index in [0.29, 0.717) is 25.2 Å². The first-order chi connectivity index (χ1) is 7.12. The maximum absolute atomic E-state index is 10.5. The molecular weight excluding hydrogens is 200 g/mol. The Labute approximate surface area is 99.4 Å². The fourth-order valence-electron chi connectivity index (χ4n) is 2.75. The molecule has 1 aliphatic carbocycles. The average molecular weight is 226 g/mol. The van der Waals surface area contributed by atoms with Gasteiger partial charge in [-0.15, -0.1) is 6.58 Å². The lowest BCUT2D eigenvalue weighted by Gasteiger charge is -2.50. The molecule has 1 fully saturated rings. The zero-order chi connectivity index (χ0) is 12.6. The van der Waals surface area contributed by atoms with Crippen LogP contribution < -0.4 is 0 Å². The van der Waals surface area contributed by atoms with Crippen molar-refractivity contribution in [3.63, 3.8) is 0 Å². The molecule has 0 heterocycles. The minimum absolute atomic E-state index is 0.194.